The lowest BCUT2D eigenvalue weighted by Gasteiger charge is -2.40. The molecule has 0 radical (unpaired) electrons. The summed E-state index contributed by atoms with van der Waals surface area (Å²) >= 11 is 0. The molecule has 0 unspecified atom stereocenters. The van der Waals surface area contributed by atoms with Crippen molar-refractivity contribution in [3.05, 3.63) is 23.9 Å². The highest BCUT2D eigenvalue weighted by molar-refractivity contribution is 5.76. The second-order valence-corrected chi connectivity index (χ2v) is 6.01. The molecule has 1 aromatic heterocycles. The minimum Gasteiger partial charge on any atom is -0.481 e. The highest BCUT2D eigenvalue weighted by atomic mass is 16.5. The number of hydrogen-bond donors (Lipinski definition) is 1. The van der Waals surface area contributed by atoms with Gasteiger partial charge in [-0.25, -0.2) is 4.98 Å². The molecule has 2 aliphatic rings. The van der Waals surface area contributed by atoms with E-state index in [2.05, 4.69) is 21.3 Å². The number of nitrogens with zero attached hydrogens (tertiary/aromatic N) is 2. The number of rotatable bonds is 3. The first-order chi connectivity index (χ1) is 10.7. The van der Waals surface area contributed by atoms with Gasteiger partial charge in [0.05, 0.1) is 19.3 Å². The van der Waals surface area contributed by atoms with Crippen LogP contribution in [0.2, 0.25) is 0 Å². The maximum atomic E-state index is 11.5. The Kier molecular flexibility index (Phi) is 4.59. The number of amides is 1. The Labute approximate surface area is 130 Å². The van der Waals surface area contributed by atoms with Crippen LogP contribution in [0.15, 0.2) is 18.3 Å². The van der Waals surface area contributed by atoms with Crippen molar-refractivity contribution in [2.24, 2.45) is 0 Å². The van der Waals surface area contributed by atoms with Crippen molar-refractivity contribution in [2.45, 2.75) is 31.4 Å². The van der Waals surface area contributed by atoms with Gasteiger partial charge >= 0.3 is 0 Å². The number of methoxy groups -OCH3 is 1. The quantitative estimate of drug-likeness (QED) is 0.901. The van der Waals surface area contributed by atoms with Gasteiger partial charge < -0.3 is 14.8 Å². The largest absolute Gasteiger partial charge is 0.481 e. The van der Waals surface area contributed by atoms with Crippen molar-refractivity contribution in [2.75, 3.05) is 33.4 Å². The maximum Gasteiger partial charge on any atom is 0.222 e. The zero-order valence-electron chi connectivity index (χ0n) is 13.0. The van der Waals surface area contributed by atoms with E-state index in [1.54, 1.807) is 13.3 Å². The fourth-order valence-corrected chi connectivity index (χ4v) is 3.17. The molecular weight excluding hydrogens is 282 g/mol. The number of hydrogen-bond acceptors (Lipinski definition) is 5. The standard InChI is InChI=1S/C16H23N3O3/c1-21-15-13(3-2-7-17-15)11-19-8-5-16(6-9-19)12-18-14(20)4-10-22-16/h2-3,7H,4-6,8-12H2,1H3,(H,18,20). The Balaban J connectivity index is 1.58. The fourth-order valence-electron chi connectivity index (χ4n) is 3.17. The summed E-state index contributed by atoms with van der Waals surface area (Å²) in [5, 5.41) is 2.98. The second-order valence-electron chi connectivity index (χ2n) is 6.01. The Morgan fingerprint density at radius 2 is 2.27 bits per heavy atom. The predicted octanol–water partition coefficient (Wildman–Crippen LogP) is 0.961. The molecule has 0 atom stereocenters. The fraction of sp³-hybridized carbons (Fsp3) is 0.625. The summed E-state index contributed by atoms with van der Waals surface area (Å²) in [7, 11) is 1.65. The van der Waals surface area contributed by atoms with Gasteiger partial charge in [-0.3, -0.25) is 9.69 Å². The first kappa shape index (κ1) is 15.2. The van der Waals surface area contributed by atoms with E-state index >= 15 is 0 Å². The molecule has 0 aliphatic carbocycles. The molecule has 3 rings (SSSR count). The number of aromatic nitrogens is 1. The number of carbonyl (C=O) groups is 1. The first-order valence-corrected chi connectivity index (χ1v) is 7.82. The molecule has 2 aliphatic heterocycles. The van der Waals surface area contributed by atoms with Crippen molar-refractivity contribution < 1.29 is 14.3 Å². The van der Waals surface area contributed by atoms with Gasteiger partial charge in [0.2, 0.25) is 11.8 Å². The molecule has 0 saturated carbocycles. The van der Waals surface area contributed by atoms with Crippen LogP contribution in [0.3, 0.4) is 0 Å². The topological polar surface area (TPSA) is 63.7 Å². The normalized spacial score (nSPS) is 22.1. The Morgan fingerprint density at radius 3 is 3.05 bits per heavy atom. The van der Waals surface area contributed by atoms with Gasteiger partial charge in [-0.1, -0.05) is 6.07 Å². The van der Waals surface area contributed by atoms with Crippen LogP contribution in [0.1, 0.15) is 24.8 Å². The molecule has 22 heavy (non-hydrogen) atoms. The third-order valence-electron chi connectivity index (χ3n) is 4.55. The SMILES string of the molecule is COc1ncccc1CN1CCC2(CC1)CNC(=O)CCO2. The summed E-state index contributed by atoms with van der Waals surface area (Å²) in [5.74, 6) is 0.792. The van der Waals surface area contributed by atoms with Crippen molar-refractivity contribution >= 4 is 5.91 Å². The number of pyridine rings is 1. The van der Waals surface area contributed by atoms with Crippen LogP contribution in [0.5, 0.6) is 5.88 Å². The van der Waals surface area contributed by atoms with Crippen LogP contribution >= 0.6 is 0 Å². The summed E-state index contributed by atoms with van der Waals surface area (Å²) in [6.45, 7) is 3.90. The summed E-state index contributed by atoms with van der Waals surface area (Å²) in [6, 6.07) is 3.99. The zero-order valence-corrected chi connectivity index (χ0v) is 13.0. The molecule has 2 fully saturated rings. The van der Waals surface area contributed by atoms with Crippen LogP contribution in [-0.2, 0) is 16.1 Å². The highest BCUT2D eigenvalue weighted by Crippen LogP contribution is 2.29. The molecule has 6 heteroatoms. The number of ether oxygens (including phenoxy) is 2. The average molecular weight is 305 g/mol. The Hall–Kier alpha value is -1.66. The van der Waals surface area contributed by atoms with E-state index in [1.807, 2.05) is 6.07 Å². The maximum absolute atomic E-state index is 11.5. The van der Waals surface area contributed by atoms with Gasteiger partial charge in [0.25, 0.3) is 0 Å². The van der Waals surface area contributed by atoms with Gasteiger partial charge in [0, 0.05) is 44.4 Å². The smallest absolute Gasteiger partial charge is 0.222 e. The molecule has 1 aromatic rings. The van der Waals surface area contributed by atoms with E-state index in [-0.39, 0.29) is 11.5 Å². The van der Waals surface area contributed by atoms with Gasteiger partial charge in [-0.05, 0) is 18.9 Å². The molecule has 2 saturated heterocycles. The summed E-state index contributed by atoms with van der Waals surface area (Å²) in [6.07, 6.45) is 4.10. The van der Waals surface area contributed by atoms with Crippen molar-refractivity contribution in [1.82, 2.24) is 15.2 Å². The lowest BCUT2D eigenvalue weighted by atomic mass is 9.90. The van der Waals surface area contributed by atoms with E-state index in [0.717, 1.165) is 38.0 Å². The van der Waals surface area contributed by atoms with Crippen molar-refractivity contribution in [3.63, 3.8) is 0 Å². The van der Waals surface area contributed by atoms with Gasteiger partial charge in [-0.15, -0.1) is 0 Å². The van der Waals surface area contributed by atoms with Gasteiger partial charge in [-0.2, -0.15) is 0 Å². The van der Waals surface area contributed by atoms with Crippen molar-refractivity contribution in [3.8, 4) is 5.88 Å². The Morgan fingerprint density at radius 1 is 1.45 bits per heavy atom. The molecule has 0 bridgehead atoms. The number of nitrogens with one attached hydrogen (secondary N) is 1. The van der Waals surface area contributed by atoms with Crippen LogP contribution in [0, 0.1) is 0 Å². The summed E-state index contributed by atoms with van der Waals surface area (Å²) in [4.78, 5) is 18.1. The molecule has 120 valence electrons. The van der Waals surface area contributed by atoms with Crippen molar-refractivity contribution in [1.29, 1.82) is 0 Å². The monoisotopic (exact) mass is 305 g/mol. The average Bonchev–Trinajstić information content (AvgIpc) is 2.73. The van der Waals surface area contributed by atoms with E-state index in [1.165, 1.54) is 0 Å². The number of carbonyl (C=O) groups excluding carboxylic acids is 1. The van der Waals surface area contributed by atoms with Crippen LogP contribution in [-0.4, -0.2) is 54.7 Å². The predicted molar refractivity (Wildman–Crippen MR) is 81.6 cm³/mol. The zero-order chi connectivity index (χ0) is 15.4. The molecule has 3 heterocycles. The van der Waals surface area contributed by atoms with E-state index in [0.29, 0.717) is 25.5 Å². The van der Waals surface area contributed by atoms with Crippen LogP contribution in [0.4, 0.5) is 0 Å². The van der Waals surface area contributed by atoms with E-state index in [4.69, 9.17) is 9.47 Å². The second kappa shape index (κ2) is 6.62. The molecular formula is C16H23N3O3. The lowest BCUT2D eigenvalue weighted by Crippen LogP contribution is -2.50. The molecule has 6 nitrogen and oxygen atoms in total. The first-order valence-electron chi connectivity index (χ1n) is 7.82. The number of piperidine rings is 1. The minimum atomic E-state index is -0.179. The van der Waals surface area contributed by atoms with E-state index < -0.39 is 0 Å². The third-order valence-corrected chi connectivity index (χ3v) is 4.55. The van der Waals surface area contributed by atoms with E-state index in [9.17, 15) is 4.79 Å². The molecule has 1 spiro atoms. The highest BCUT2D eigenvalue weighted by Gasteiger charge is 2.37. The number of likely N-dealkylation sites (tertiary alicyclic amines) is 1. The minimum absolute atomic E-state index is 0.0967. The summed E-state index contributed by atoms with van der Waals surface area (Å²) in [5.41, 5.74) is 0.929. The summed E-state index contributed by atoms with van der Waals surface area (Å²) < 4.78 is 11.3. The molecule has 0 aromatic carbocycles. The molecule has 1 amide bonds. The van der Waals surface area contributed by atoms with Crippen LogP contribution in [0.25, 0.3) is 0 Å². The van der Waals surface area contributed by atoms with Gasteiger partial charge in [0.15, 0.2) is 0 Å². The van der Waals surface area contributed by atoms with Crippen LogP contribution < -0.4 is 10.1 Å². The molecule has 1 N–H and O–H groups in total. The third kappa shape index (κ3) is 3.39. The van der Waals surface area contributed by atoms with Gasteiger partial charge in [0.1, 0.15) is 0 Å². The Bertz CT molecular complexity index is 527. The lowest BCUT2D eigenvalue weighted by molar-refractivity contribution is -0.120.